The van der Waals surface area contributed by atoms with Crippen molar-refractivity contribution in [3.63, 3.8) is 0 Å². The van der Waals surface area contributed by atoms with E-state index in [1.807, 2.05) is 21.6 Å². The second-order valence-corrected chi connectivity index (χ2v) is 7.84. The number of hydrogen-bond donors (Lipinski definition) is 0. The molecule has 4 rings (SSSR count). The zero-order valence-corrected chi connectivity index (χ0v) is 10.8. The normalized spacial score (nSPS) is 16.5. The first-order valence-corrected chi connectivity index (χ1v) is 8.44. The van der Waals surface area contributed by atoms with Gasteiger partial charge in [0.2, 0.25) is 0 Å². The summed E-state index contributed by atoms with van der Waals surface area (Å²) in [6.07, 6.45) is 0. The molecule has 1 saturated heterocycles. The van der Waals surface area contributed by atoms with Crippen molar-refractivity contribution in [2.24, 2.45) is 0 Å². The molecule has 0 spiro atoms. The molecule has 3 aliphatic heterocycles. The van der Waals surface area contributed by atoms with Crippen LogP contribution in [0.3, 0.4) is 0 Å². The van der Waals surface area contributed by atoms with Crippen LogP contribution in [0.15, 0.2) is 9.79 Å². The van der Waals surface area contributed by atoms with E-state index in [0.717, 1.165) is 23.5 Å². The Bertz CT molecular complexity index is 354. The molecule has 0 aliphatic carbocycles. The van der Waals surface area contributed by atoms with Crippen molar-refractivity contribution in [3.8, 4) is 0 Å². The summed E-state index contributed by atoms with van der Waals surface area (Å²) in [6, 6.07) is 0. The lowest BCUT2D eigenvalue weighted by molar-refractivity contribution is 0.402. The molecular formula is C8H4F4S4. The van der Waals surface area contributed by atoms with Gasteiger partial charge in [0.1, 0.15) is 0 Å². The molecule has 1 aromatic carbocycles. The van der Waals surface area contributed by atoms with E-state index in [9.17, 15) is 17.6 Å². The Morgan fingerprint density at radius 1 is 0.625 bits per heavy atom. The highest BCUT2D eigenvalue weighted by molar-refractivity contribution is 8.92. The minimum atomic E-state index is -1.29. The van der Waals surface area contributed by atoms with Crippen LogP contribution in [0.5, 0.6) is 0 Å². The highest BCUT2D eigenvalue weighted by Crippen LogP contribution is 2.42. The minimum absolute atomic E-state index is 0.215. The summed E-state index contributed by atoms with van der Waals surface area (Å²) >= 11 is 1.52. The van der Waals surface area contributed by atoms with E-state index in [0.29, 0.717) is 0 Å². The fourth-order valence-electron chi connectivity index (χ4n) is 0.992. The van der Waals surface area contributed by atoms with Crippen molar-refractivity contribution in [2.75, 3.05) is 10.2 Å². The molecule has 0 N–H and O–H groups in total. The number of fused-ring (bicyclic) bond motifs is 4. The van der Waals surface area contributed by atoms with Crippen molar-refractivity contribution < 1.29 is 17.6 Å². The number of thioether (sulfide) groups is 2. The lowest BCUT2D eigenvalue weighted by Gasteiger charge is -2.03. The van der Waals surface area contributed by atoms with Gasteiger partial charge in [0.15, 0.2) is 23.3 Å². The first-order chi connectivity index (χ1) is 7.63. The predicted octanol–water partition coefficient (Wildman–Crippen LogP) is 4.74. The van der Waals surface area contributed by atoms with Crippen LogP contribution in [0, 0.1) is 23.3 Å². The van der Waals surface area contributed by atoms with E-state index in [1.54, 1.807) is 0 Å². The molecule has 0 nitrogen and oxygen atoms in total. The molecule has 0 aromatic heterocycles. The zero-order chi connectivity index (χ0) is 11.7. The molecule has 0 radical (unpaired) electrons. The van der Waals surface area contributed by atoms with Gasteiger partial charge in [0.05, 0.1) is 14.9 Å². The molecular weight excluding hydrogens is 300 g/mol. The molecule has 16 heavy (non-hydrogen) atoms. The third-order valence-corrected chi connectivity index (χ3v) is 4.89. The van der Waals surface area contributed by atoms with Crippen LogP contribution in [0.25, 0.3) is 0 Å². The number of hydrogen-bond acceptors (Lipinski definition) is 4. The predicted molar refractivity (Wildman–Crippen MR) is 62.9 cm³/mol. The minimum Gasteiger partial charge on any atom is -0.202 e. The Kier molecular flexibility index (Phi) is 4.26. The summed E-state index contributed by atoms with van der Waals surface area (Å²) < 4.78 is 51.7. The SMILES string of the molecule is C1SS1.Fc1c(F)c2c(F)c(F)c1SCS2. The van der Waals surface area contributed by atoms with Gasteiger partial charge >= 0.3 is 0 Å². The fraction of sp³-hybridized carbons (Fsp3) is 0.250. The highest BCUT2D eigenvalue weighted by Gasteiger charge is 2.28. The van der Waals surface area contributed by atoms with Gasteiger partial charge < -0.3 is 0 Å². The van der Waals surface area contributed by atoms with Crippen LogP contribution in [0.1, 0.15) is 0 Å². The van der Waals surface area contributed by atoms with Gasteiger partial charge in [0.25, 0.3) is 0 Å². The Hall–Kier alpha value is 0.340. The maximum absolute atomic E-state index is 12.9. The van der Waals surface area contributed by atoms with Crippen molar-refractivity contribution in [1.82, 2.24) is 0 Å². The summed E-state index contributed by atoms with van der Waals surface area (Å²) in [6.45, 7) is 0. The van der Waals surface area contributed by atoms with Crippen LogP contribution in [0.2, 0.25) is 0 Å². The Balaban J connectivity index is 0.000000278. The van der Waals surface area contributed by atoms with Crippen LogP contribution < -0.4 is 0 Å². The van der Waals surface area contributed by atoms with Gasteiger partial charge in [-0.15, -0.1) is 23.5 Å². The number of halogens is 4. The summed E-state index contributed by atoms with van der Waals surface area (Å²) in [7, 11) is 3.83. The maximum Gasteiger partial charge on any atom is 0.176 e. The molecule has 1 fully saturated rings. The third-order valence-electron chi connectivity index (χ3n) is 1.71. The average molecular weight is 304 g/mol. The van der Waals surface area contributed by atoms with Crippen molar-refractivity contribution in [2.45, 2.75) is 9.79 Å². The smallest absolute Gasteiger partial charge is 0.176 e. The molecule has 1 aromatic rings. The van der Waals surface area contributed by atoms with Crippen molar-refractivity contribution >= 4 is 45.1 Å². The van der Waals surface area contributed by atoms with E-state index in [4.69, 9.17) is 0 Å². The summed E-state index contributed by atoms with van der Waals surface area (Å²) in [4.78, 5) is -1.13. The fourth-order valence-corrected chi connectivity index (χ4v) is 3.04. The van der Waals surface area contributed by atoms with Gasteiger partial charge in [-0.3, -0.25) is 0 Å². The van der Waals surface area contributed by atoms with E-state index in [-0.39, 0.29) is 5.08 Å². The maximum atomic E-state index is 12.9. The molecule has 0 amide bonds. The Morgan fingerprint density at radius 3 is 1.19 bits per heavy atom. The molecule has 88 valence electrons. The standard InChI is InChI=1S/C7H2F4S2.CH2S2/c8-2-3(9)7-5(11)4(10)6(2)12-1-13-7;1-2-3-1/h1H2;1H2. The van der Waals surface area contributed by atoms with Gasteiger partial charge in [-0.2, -0.15) is 0 Å². The second kappa shape index (κ2) is 5.32. The summed E-state index contributed by atoms with van der Waals surface area (Å²) in [5, 5.41) is 1.55. The van der Waals surface area contributed by atoms with E-state index in [1.165, 1.54) is 5.08 Å². The molecule has 0 unspecified atom stereocenters. The largest absolute Gasteiger partial charge is 0.202 e. The van der Waals surface area contributed by atoms with Crippen LogP contribution >= 0.6 is 45.1 Å². The lowest BCUT2D eigenvalue weighted by atomic mass is 10.3. The molecule has 8 heteroatoms. The van der Waals surface area contributed by atoms with Crippen LogP contribution in [-0.2, 0) is 0 Å². The van der Waals surface area contributed by atoms with E-state index >= 15 is 0 Å². The topological polar surface area (TPSA) is 0 Å². The lowest BCUT2D eigenvalue weighted by Crippen LogP contribution is -1.98. The van der Waals surface area contributed by atoms with E-state index < -0.39 is 33.1 Å². The highest BCUT2D eigenvalue weighted by atomic mass is 33.2. The van der Waals surface area contributed by atoms with Gasteiger partial charge in [-0.1, -0.05) is 21.6 Å². The molecule has 3 heterocycles. The zero-order valence-electron chi connectivity index (χ0n) is 7.56. The summed E-state index contributed by atoms with van der Waals surface area (Å²) in [5.41, 5.74) is 0. The van der Waals surface area contributed by atoms with Gasteiger partial charge in [0, 0.05) is 5.08 Å². The van der Waals surface area contributed by atoms with E-state index in [2.05, 4.69) is 0 Å². The summed E-state index contributed by atoms with van der Waals surface area (Å²) in [5.74, 6) is -5.15. The molecule has 0 saturated carbocycles. The quantitative estimate of drug-likeness (QED) is 0.294. The van der Waals surface area contributed by atoms with Crippen molar-refractivity contribution in [1.29, 1.82) is 0 Å². The van der Waals surface area contributed by atoms with Gasteiger partial charge in [-0.05, 0) is 0 Å². The second-order valence-electron chi connectivity index (χ2n) is 2.67. The molecule has 0 atom stereocenters. The monoisotopic (exact) mass is 304 g/mol. The molecule has 3 aliphatic rings. The average Bonchev–Trinajstić information content (AvgIpc) is 3.09. The first kappa shape index (κ1) is 12.8. The number of rotatable bonds is 0. The van der Waals surface area contributed by atoms with Crippen LogP contribution in [-0.4, -0.2) is 10.2 Å². The van der Waals surface area contributed by atoms with Gasteiger partial charge in [-0.25, -0.2) is 17.6 Å². The number of benzene rings is 1. The molecule has 2 bridgehead atoms. The Morgan fingerprint density at radius 2 is 0.938 bits per heavy atom. The van der Waals surface area contributed by atoms with Crippen molar-refractivity contribution in [3.05, 3.63) is 23.3 Å². The third kappa shape index (κ3) is 2.60. The first-order valence-electron chi connectivity index (χ1n) is 3.99. The Labute approximate surface area is 106 Å². The van der Waals surface area contributed by atoms with Crippen LogP contribution in [0.4, 0.5) is 17.6 Å².